The van der Waals surface area contributed by atoms with Crippen molar-refractivity contribution >= 4 is 5.91 Å². The van der Waals surface area contributed by atoms with Gasteiger partial charge in [-0.25, -0.2) is 0 Å². The second kappa shape index (κ2) is 4.84. The van der Waals surface area contributed by atoms with Gasteiger partial charge in [0.05, 0.1) is 5.41 Å². The van der Waals surface area contributed by atoms with E-state index in [2.05, 4.69) is 26.1 Å². The van der Waals surface area contributed by atoms with Crippen LogP contribution in [0.1, 0.15) is 46.5 Å². The number of amides is 1. The summed E-state index contributed by atoms with van der Waals surface area (Å²) in [7, 11) is 1.98. The zero-order valence-corrected chi connectivity index (χ0v) is 12.4. The third-order valence-corrected chi connectivity index (χ3v) is 4.52. The standard InChI is InChI=1S/C15H28N2O/c1-14(2,3)11-17(4)13(18)15-8-6-5-7-12(15)9-16-10-15/h12,16H,5-11H2,1-4H3/t12-,15+/m0/s1. The second-order valence-corrected chi connectivity index (χ2v) is 7.45. The van der Waals surface area contributed by atoms with Crippen molar-refractivity contribution in [3.63, 3.8) is 0 Å². The number of hydrogen-bond donors (Lipinski definition) is 1. The second-order valence-electron chi connectivity index (χ2n) is 7.45. The molecule has 0 aromatic carbocycles. The van der Waals surface area contributed by atoms with E-state index < -0.39 is 0 Å². The molecule has 1 aliphatic heterocycles. The van der Waals surface area contributed by atoms with E-state index in [-0.39, 0.29) is 10.8 Å². The Bertz CT molecular complexity index is 321. The number of fused-ring (bicyclic) bond motifs is 1. The Morgan fingerprint density at radius 3 is 2.78 bits per heavy atom. The van der Waals surface area contributed by atoms with Crippen molar-refractivity contribution < 1.29 is 4.79 Å². The van der Waals surface area contributed by atoms with E-state index in [1.165, 1.54) is 19.3 Å². The first-order valence-electron chi connectivity index (χ1n) is 7.31. The van der Waals surface area contributed by atoms with Crippen LogP contribution in [0.3, 0.4) is 0 Å². The highest BCUT2D eigenvalue weighted by atomic mass is 16.2. The predicted octanol–water partition coefficient (Wildman–Crippen LogP) is 2.27. The first-order valence-corrected chi connectivity index (χ1v) is 7.31. The molecular weight excluding hydrogens is 224 g/mol. The molecule has 1 N–H and O–H groups in total. The van der Waals surface area contributed by atoms with Gasteiger partial charge in [-0.1, -0.05) is 33.6 Å². The van der Waals surface area contributed by atoms with Gasteiger partial charge in [-0.2, -0.15) is 0 Å². The van der Waals surface area contributed by atoms with Crippen LogP contribution in [0.25, 0.3) is 0 Å². The van der Waals surface area contributed by atoms with E-state index in [0.717, 1.165) is 26.1 Å². The van der Waals surface area contributed by atoms with Crippen LogP contribution in [0.2, 0.25) is 0 Å². The molecule has 2 fully saturated rings. The number of carbonyl (C=O) groups is 1. The van der Waals surface area contributed by atoms with Crippen molar-refractivity contribution in [2.45, 2.75) is 46.5 Å². The zero-order chi connectivity index (χ0) is 13.4. The highest BCUT2D eigenvalue weighted by molar-refractivity contribution is 5.83. The molecule has 3 nitrogen and oxygen atoms in total. The van der Waals surface area contributed by atoms with Gasteiger partial charge in [0.1, 0.15) is 0 Å². The molecule has 2 rings (SSSR count). The molecule has 0 unspecified atom stereocenters. The van der Waals surface area contributed by atoms with Gasteiger partial charge in [-0.15, -0.1) is 0 Å². The Labute approximate surface area is 111 Å². The van der Waals surface area contributed by atoms with Crippen molar-refractivity contribution in [1.29, 1.82) is 0 Å². The molecule has 104 valence electrons. The Morgan fingerprint density at radius 2 is 2.11 bits per heavy atom. The van der Waals surface area contributed by atoms with Gasteiger partial charge in [-0.05, 0) is 30.7 Å². The summed E-state index contributed by atoms with van der Waals surface area (Å²) in [6.45, 7) is 9.36. The Kier molecular flexibility index (Phi) is 3.72. The lowest BCUT2D eigenvalue weighted by molar-refractivity contribution is -0.145. The molecule has 0 radical (unpaired) electrons. The molecule has 0 aromatic rings. The Hall–Kier alpha value is -0.570. The molecule has 1 aliphatic carbocycles. The lowest BCUT2D eigenvalue weighted by Crippen LogP contribution is -2.50. The lowest BCUT2D eigenvalue weighted by atomic mass is 9.67. The largest absolute Gasteiger partial charge is 0.345 e. The van der Waals surface area contributed by atoms with Crippen molar-refractivity contribution in [2.75, 3.05) is 26.7 Å². The lowest BCUT2D eigenvalue weighted by Gasteiger charge is -2.41. The number of rotatable bonds is 2. The van der Waals surface area contributed by atoms with Crippen LogP contribution in [-0.2, 0) is 4.79 Å². The smallest absolute Gasteiger partial charge is 0.230 e. The molecule has 0 spiro atoms. The van der Waals surface area contributed by atoms with Crippen LogP contribution < -0.4 is 5.32 Å². The molecule has 1 saturated heterocycles. The molecular formula is C15H28N2O. The van der Waals surface area contributed by atoms with E-state index in [1.54, 1.807) is 0 Å². The van der Waals surface area contributed by atoms with Gasteiger partial charge in [0.2, 0.25) is 5.91 Å². The normalized spacial score (nSPS) is 32.1. The van der Waals surface area contributed by atoms with Gasteiger partial charge in [0, 0.05) is 20.1 Å². The van der Waals surface area contributed by atoms with Crippen LogP contribution in [0.4, 0.5) is 0 Å². The summed E-state index contributed by atoms with van der Waals surface area (Å²) in [5.41, 5.74) is 0.0928. The molecule has 3 heteroatoms. The summed E-state index contributed by atoms with van der Waals surface area (Å²) in [4.78, 5) is 14.8. The van der Waals surface area contributed by atoms with E-state index in [4.69, 9.17) is 0 Å². The molecule has 0 bridgehead atoms. The Morgan fingerprint density at radius 1 is 1.39 bits per heavy atom. The highest BCUT2D eigenvalue weighted by Gasteiger charge is 2.51. The molecule has 0 aromatic heterocycles. The molecule has 2 atom stereocenters. The summed E-state index contributed by atoms with van der Waals surface area (Å²) >= 11 is 0. The van der Waals surface area contributed by atoms with Crippen LogP contribution in [0.15, 0.2) is 0 Å². The van der Waals surface area contributed by atoms with Gasteiger partial charge in [0.25, 0.3) is 0 Å². The fraction of sp³-hybridized carbons (Fsp3) is 0.933. The average Bonchev–Trinajstić information content (AvgIpc) is 2.70. The topological polar surface area (TPSA) is 32.3 Å². The third-order valence-electron chi connectivity index (χ3n) is 4.52. The third kappa shape index (κ3) is 2.56. The number of hydrogen-bond acceptors (Lipinski definition) is 2. The highest BCUT2D eigenvalue weighted by Crippen LogP contribution is 2.45. The van der Waals surface area contributed by atoms with E-state index >= 15 is 0 Å². The van der Waals surface area contributed by atoms with Crippen LogP contribution in [0.5, 0.6) is 0 Å². The first kappa shape index (κ1) is 13.9. The van der Waals surface area contributed by atoms with E-state index in [1.807, 2.05) is 11.9 Å². The van der Waals surface area contributed by atoms with Crippen molar-refractivity contribution in [1.82, 2.24) is 10.2 Å². The first-order chi connectivity index (χ1) is 8.35. The average molecular weight is 252 g/mol. The molecule has 1 heterocycles. The van der Waals surface area contributed by atoms with Crippen LogP contribution in [-0.4, -0.2) is 37.5 Å². The predicted molar refractivity (Wildman–Crippen MR) is 74.4 cm³/mol. The summed E-state index contributed by atoms with van der Waals surface area (Å²) in [6, 6.07) is 0. The molecule has 1 saturated carbocycles. The summed E-state index contributed by atoms with van der Waals surface area (Å²) < 4.78 is 0. The van der Waals surface area contributed by atoms with Crippen LogP contribution >= 0.6 is 0 Å². The molecule has 1 amide bonds. The zero-order valence-electron chi connectivity index (χ0n) is 12.4. The maximum atomic E-state index is 12.9. The van der Waals surface area contributed by atoms with Crippen LogP contribution in [0, 0.1) is 16.7 Å². The maximum Gasteiger partial charge on any atom is 0.230 e. The minimum Gasteiger partial charge on any atom is -0.345 e. The molecule has 18 heavy (non-hydrogen) atoms. The van der Waals surface area contributed by atoms with Crippen molar-refractivity contribution in [3.05, 3.63) is 0 Å². The fourth-order valence-electron chi connectivity index (χ4n) is 3.83. The number of nitrogens with zero attached hydrogens (tertiary/aromatic N) is 1. The number of carbonyl (C=O) groups excluding carboxylic acids is 1. The number of nitrogens with one attached hydrogen (secondary N) is 1. The summed E-state index contributed by atoms with van der Waals surface area (Å²) in [6.07, 6.45) is 4.82. The van der Waals surface area contributed by atoms with Crippen molar-refractivity contribution in [3.8, 4) is 0 Å². The van der Waals surface area contributed by atoms with E-state index in [9.17, 15) is 4.79 Å². The van der Waals surface area contributed by atoms with Gasteiger partial charge in [0.15, 0.2) is 0 Å². The quantitative estimate of drug-likeness (QED) is 0.817. The van der Waals surface area contributed by atoms with Gasteiger partial charge < -0.3 is 10.2 Å². The monoisotopic (exact) mass is 252 g/mol. The Balaban J connectivity index is 2.11. The van der Waals surface area contributed by atoms with E-state index in [0.29, 0.717) is 11.8 Å². The van der Waals surface area contributed by atoms with Crippen molar-refractivity contribution in [2.24, 2.45) is 16.7 Å². The van der Waals surface area contributed by atoms with Gasteiger partial charge in [-0.3, -0.25) is 4.79 Å². The summed E-state index contributed by atoms with van der Waals surface area (Å²) in [5.74, 6) is 0.952. The SMILES string of the molecule is CN(CC(C)(C)C)C(=O)[C@@]12CCCC[C@H]1CNC2. The minimum absolute atomic E-state index is 0.0851. The summed E-state index contributed by atoms with van der Waals surface area (Å²) in [5, 5.41) is 3.46. The fourth-order valence-corrected chi connectivity index (χ4v) is 3.83. The minimum atomic E-state index is -0.0851. The van der Waals surface area contributed by atoms with Gasteiger partial charge >= 0.3 is 0 Å². The maximum absolute atomic E-state index is 12.9. The molecule has 2 aliphatic rings.